The van der Waals surface area contributed by atoms with Crippen molar-refractivity contribution in [3.63, 3.8) is 0 Å². The fourth-order valence-electron chi connectivity index (χ4n) is 3.50. The Morgan fingerprint density at radius 3 is 2.72 bits per heavy atom. The van der Waals surface area contributed by atoms with E-state index in [0.29, 0.717) is 35.8 Å². The van der Waals surface area contributed by atoms with Crippen molar-refractivity contribution < 1.29 is 9.18 Å². The van der Waals surface area contributed by atoms with Gasteiger partial charge in [0, 0.05) is 19.2 Å². The first-order chi connectivity index (χ1) is 12.0. The molecule has 1 fully saturated rings. The molecule has 1 aliphatic heterocycles. The molecular formula is C19H20FN3O2. The van der Waals surface area contributed by atoms with Gasteiger partial charge < -0.3 is 10.6 Å². The standard InChI is InChI=1S/C19H20FN3O2/c1-10-13-7-8-21-18(24)16(13)17(23(2)19(10)25)22-15-6-5-12(9-14(15)20)11-3-4-11/h5-6,9,11,22H,3-4,7-8H2,1-2H3,(H,21,24). The Morgan fingerprint density at radius 1 is 1.28 bits per heavy atom. The van der Waals surface area contributed by atoms with Crippen molar-refractivity contribution in [1.82, 2.24) is 9.88 Å². The summed E-state index contributed by atoms with van der Waals surface area (Å²) in [5.74, 6) is 0.187. The molecule has 0 saturated heterocycles. The van der Waals surface area contributed by atoms with Gasteiger partial charge in [0.2, 0.25) is 0 Å². The Kier molecular flexibility index (Phi) is 3.63. The van der Waals surface area contributed by atoms with Crippen LogP contribution in [0.1, 0.15) is 45.8 Å². The van der Waals surface area contributed by atoms with Crippen molar-refractivity contribution >= 4 is 17.4 Å². The molecule has 1 aromatic heterocycles. The van der Waals surface area contributed by atoms with Gasteiger partial charge in [-0.15, -0.1) is 0 Å². The lowest BCUT2D eigenvalue weighted by Gasteiger charge is -2.24. The number of hydrogen-bond acceptors (Lipinski definition) is 3. The molecule has 0 spiro atoms. The molecule has 4 rings (SSSR count). The molecule has 2 N–H and O–H groups in total. The van der Waals surface area contributed by atoms with Crippen molar-refractivity contribution in [3.8, 4) is 0 Å². The molecule has 0 atom stereocenters. The summed E-state index contributed by atoms with van der Waals surface area (Å²) in [6, 6.07) is 5.13. The number of rotatable bonds is 3. The van der Waals surface area contributed by atoms with Crippen LogP contribution in [0, 0.1) is 12.7 Å². The van der Waals surface area contributed by atoms with E-state index in [1.54, 1.807) is 26.1 Å². The summed E-state index contributed by atoms with van der Waals surface area (Å²) in [5.41, 5.74) is 2.83. The minimum Gasteiger partial charge on any atom is -0.352 e. The van der Waals surface area contributed by atoms with Gasteiger partial charge >= 0.3 is 0 Å². The molecule has 1 aliphatic carbocycles. The van der Waals surface area contributed by atoms with Crippen LogP contribution in [0.25, 0.3) is 0 Å². The second kappa shape index (κ2) is 5.72. The number of anilines is 2. The van der Waals surface area contributed by atoms with Gasteiger partial charge in [0.25, 0.3) is 11.5 Å². The smallest absolute Gasteiger partial charge is 0.255 e. The number of nitrogens with zero attached hydrogens (tertiary/aromatic N) is 1. The molecule has 0 unspecified atom stereocenters. The summed E-state index contributed by atoms with van der Waals surface area (Å²) in [6.45, 7) is 2.23. The average molecular weight is 341 g/mol. The molecule has 6 heteroatoms. The molecule has 25 heavy (non-hydrogen) atoms. The van der Waals surface area contributed by atoms with Gasteiger partial charge in [-0.25, -0.2) is 4.39 Å². The van der Waals surface area contributed by atoms with E-state index >= 15 is 0 Å². The third-order valence-electron chi connectivity index (χ3n) is 5.13. The molecule has 2 heterocycles. The monoisotopic (exact) mass is 341 g/mol. The Labute approximate surface area is 144 Å². The third kappa shape index (κ3) is 2.62. The molecule has 1 aromatic carbocycles. The zero-order chi connectivity index (χ0) is 17.7. The first-order valence-corrected chi connectivity index (χ1v) is 8.54. The number of pyridine rings is 1. The summed E-state index contributed by atoms with van der Waals surface area (Å²) in [5, 5.41) is 5.78. The highest BCUT2D eigenvalue weighted by molar-refractivity contribution is 6.02. The minimum absolute atomic E-state index is 0.175. The Bertz CT molecular complexity index is 945. The quantitative estimate of drug-likeness (QED) is 0.902. The topological polar surface area (TPSA) is 63.1 Å². The van der Waals surface area contributed by atoms with Gasteiger partial charge in [-0.05, 0) is 55.4 Å². The van der Waals surface area contributed by atoms with Crippen molar-refractivity contribution in [2.45, 2.75) is 32.1 Å². The van der Waals surface area contributed by atoms with E-state index < -0.39 is 0 Å². The highest BCUT2D eigenvalue weighted by Crippen LogP contribution is 2.41. The number of aromatic nitrogens is 1. The molecule has 130 valence electrons. The first kappa shape index (κ1) is 15.9. The Balaban J connectivity index is 1.82. The number of fused-ring (bicyclic) bond motifs is 1. The third-order valence-corrected chi connectivity index (χ3v) is 5.13. The maximum absolute atomic E-state index is 14.5. The van der Waals surface area contributed by atoms with Crippen LogP contribution in [0.15, 0.2) is 23.0 Å². The van der Waals surface area contributed by atoms with E-state index in [2.05, 4.69) is 10.6 Å². The SMILES string of the molecule is Cc1c2c(c(Nc3ccc(C4CC4)cc3F)n(C)c1=O)C(=O)NCC2. The molecule has 1 amide bonds. The fourth-order valence-corrected chi connectivity index (χ4v) is 3.50. The zero-order valence-corrected chi connectivity index (χ0v) is 14.3. The average Bonchev–Trinajstić information content (AvgIpc) is 3.43. The molecule has 0 radical (unpaired) electrons. The van der Waals surface area contributed by atoms with Gasteiger partial charge in [-0.3, -0.25) is 14.2 Å². The minimum atomic E-state index is -0.373. The molecule has 5 nitrogen and oxygen atoms in total. The van der Waals surface area contributed by atoms with Crippen LogP contribution in [0.4, 0.5) is 15.9 Å². The molecule has 2 aliphatic rings. The maximum Gasteiger partial charge on any atom is 0.255 e. The summed E-state index contributed by atoms with van der Waals surface area (Å²) in [7, 11) is 1.59. The molecule has 2 aromatic rings. The van der Waals surface area contributed by atoms with E-state index in [9.17, 15) is 14.0 Å². The largest absolute Gasteiger partial charge is 0.352 e. The number of benzene rings is 1. The van der Waals surface area contributed by atoms with Gasteiger partial charge in [-0.1, -0.05) is 6.07 Å². The van der Waals surface area contributed by atoms with Crippen molar-refractivity contribution in [2.75, 3.05) is 11.9 Å². The van der Waals surface area contributed by atoms with Crippen molar-refractivity contribution in [2.24, 2.45) is 7.05 Å². The number of nitrogens with one attached hydrogen (secondary N) is 2. The number of halogens is 1. The van der Waals surface area contributed by atoms with Gasteiger partial charge in [0.15, 0.2) is 0 Å². The van der Waals surface area contributed by atoms with Crippen molar-refractivity contribution in [3.05, 3.63) is 56.6 Å². The van der Waals surface area contributed by atoms with Crippen molar-refractivity contribution in [1.29, 1.82) is 0 Å². The van der Waals surface area contributed by atoms with E-state index in [1.807, 2.05) is 6.07 Å². The summed E-state index contributed by atoms with van der Waals surface area (Å²) in [6.07, 6.45) is 2.81. The molecule has 1 saturated carbocycles. The zero-order valence-electron chi connectivity index (χ0n) is 14.3. The van der Waals surface area contributed by atoms with Gasteiger partial charge in [0.05, 0.1) is 11.3 Å². The lowest BCUT2D eigenvalue weighted by molar-refractivity contribution is 0.0946. The van der Waals surface area contributed by atoms with Crippen LogP contribution in [-0.2, 0) is 13.5 Å². The second-order valence-corrected chi connectivity index (χ2v) is 6.84. The van der Waals surface area contributed by atoms with Crippen LogP contribution >= 0.6 is 0 Å². The van der Waals surface area contributed by atoms with E-state index in [4.69, 9.17) is 0 Å². The van der Waals surface area contributed by atoms with Crippen LogP contribution < -0.4 is 16.2 Å². The number of amides is 1. The van der Waals surface area contributed by atoms with E-state index in [-0.39, 0.29) is 23.0 Å². The normalized spacial score (nSPS) is 16.4. The van der Waals surface area contributed by atoms with Crippen LogP contribution in [0.3, 0.4) is 0 Å². The predicted octanol–water partition coefficient (Wildman–Crippen LogP) is 2.74. The summed E-state index contributed by atoms with van der Waals surface area (Å²) in [4.78, 5) is 24.9. The highest BCUT2D eigenvalue weighted by Gasteiger charge is 2.27. The fraction of sp³-hybridized carbons (Fsp3) is 0.368. The summed E-state index contributed by atoms with van der Waals surface area (Å²) >= 11 is 0. The second-order valence-electron chi connectivity index (χ2n) is 6.84. The molecule has 0 bridgehead atoms. The van der Waals surface area contributed by atoms with E-state index in [1.165, 1.54) is 4.57 Å². The van der Waals surface area contributed by atoms with Gasteiger partial charge in [-0.2, -0.15) is 0 Å². The number of hydrogen-bond donors (Lipinski definition) is 2. The molecular weight excluding hydrogens is 321 g/mol. The maximum atomic E-state index is 14.5. The van der Waals surface area contributed by atoms with Gasteiger partial charge in [0.1, 0.15) is 11.6 Å². The van der Waals surface area contributed by atoms with E-state index in [0.717, 1.165) is 24.0 Å². The van der Waals surface area contributed by atoms with Crippen LogP contribution in [0.5, 0.6) is 0 Å². The highest BCUT2D eigenvalue weighted by atomic mass is 19.1. The first-order valence-electron chi connectivity index (χ1n) is 8.54. The van der Waals surface area contributed by atoms with Crippen LogP contribution in [0.2, 0.25) is 0 Å². The lowest BCUT2D eigenvalue weighted by Crippen LogP contribution is -2.37. The van der Waals surface area contributed by atoms with Crippen LogP contribution in [-0.4, -0.2) is 17.0 Å². The number of carbonyl (C=O) groups is 1. The number of carbonyl (C=O) groups excluding carboxylic acids is 1. The lowest BCUT2D eigenvalue weighted by atomic mass is 9.96. The predicted molar refractivity (Wildman–Crippen MR) is 94.1 cm³/mol. The summed E-state index contributed by atoms with van der Waals surface area (Å²) < 4.78 is 15.9. The Hall–Kier alpha value is -2.63. The Morgan fingerprint density at radius 2 is 2.04 bits per heavy atom.